The lowest BCUT2D eigenvalue weighted by molar-refractivity contribution is 0.0495. The molecular formula is C28H40O2Si. The molecule has 31 heavy (non-hydrogen) atoms. The smallest absolute Gasteiger partial charge is 0.350 e. The Balaban J connectivity index is 2.01. The van der Waals surface area contributed by atoms with Crippen molar-refractivity contribution in [1.29, 1.82) is 0 Å². The first-order chi connectivity index (χ1) is 14.5. The summed E-state index contributed by atoms with van der Waals surface area (Å²) in [4.78, 5) is 0. The lowest BCUT2D eigenvalue weighted by Crippen LogP contribution is -2.60. The van der Waals surface area contributed by atoms with E-state index in [0.29, 0.717) is 0 Å². The van der Waals surface area contributed by atoms with E-state index in [0.717, 1.165) is 19.3 Å². The van der Waals surface area contributed by atoms with Gasteiger partial charge in [-0.3, -0.25) is 0 Å². The molecule has 0 N–H and O–H groups in total. The third-order valence-electron chi connectivity index (χ3n) is 6.46. The second kappa shape index (κ2) is 9.44. The summed E-state index contributed by atoms with van der Waals surface area (Å²) >= 11 is 0. The SMILES string of the molecule is C/C1=C\C[C@@H](c2ccccc2)O[Si](C(C)(C)C)(C(C)(C)C)O[C@H]1CCc1ccccc1. The fourth-order valence-corrected chi connectivity index (χ4v) is 9.98. The van der Waals surface area contributed by atoms with Crippen molar-refractivity contribution in [3.63, 3.8) is 0 Å². The van der Waals surface area contributed by atoms with Crippen LogP contribution in [0.2, 0.25) is 10.1 Å². The molecular weight excluding hydrogens is 396 g/mol. The van der Waals surface area contributed by atoms with Crippen LogP contribution in [-0.2, 0) is 15.3 Å². The molecule has 0 amide bonds. The summed E-state index contributed by atoms with van der Waals surface area (Å²) in [5.74, 6) is 0. The average molecular weight is 437 g/mol. The van der Waals surface area contributed by atoms with Crippen molar-refractivity contribution in [1.82, 2.24) is 0 Å². The molecule has 2 aromatic rings. The largest absolute Gasteiger partial charge is 0.387 e. The first-order valence-electron chi connectivity index (χ1n) is 11.6. The highest BCUT2D eigenvalue weighted by Crippen LogP contribution is 2.55. The van der Waals surface area contributed by atoms with Gasteiger partial charge in [-0.25, -0.2) is 0 Å². The van der Waals surface area contributed by atoms with Crippen molar-refractivity contribution in [2.45, 2.75) is 90.0 Å². The summed E-state index contributed by atoms with van der Waals surface area (Å²) in [6.45, 7) is 16.1. The number of rotatable bonds is 4. The molecule has 0 saturated heterocycles. The van der Waals surface area contributed by atoms with E-state index < -0.39 is 8.56 Å². The highest BCUT2D eigenvalue weighted by atomic mass is 28.4. The van der Waals surface area contributed by atoms with Gasteiger partial charge >= 0.3 is 8.56 Å². The summed E-state index contributed by atoms with van der Waals surface area (Å²) < 4.78 is 14.4. The second-order valence-corrected chi connectivity index (χ2v) is 15.7. The minimum Gasteiger partial charge on any atom is -0.387 e. The van der Waals surface area contributed by atoms with Crippen LogP contribution in [0.5, 0.6) is 0 Å². The summed E-state index contributed by atoms with van der Waals surface area (Å²) in [7, 11) is -2.70. The maximum atomic E-state index is 7.24. The van der Waals surface area contributed by atoms with E-state index in [9.17, 15) is 0 Å². The number of benzene rings is 2. The standard InChI is InChI=1S/C28H40O2Si/c1-22-18-20-26(24-16-12-9-13-17-24)30-31(27(2,3)4,28(5,6)7)29-25(22)21-19-23-14-10-8-11-15-23/h8-18,25-26H,19-21H2,1-7H3/b22-18+/t25-,26-/m0/s1. The van der Waals surface area contributed by atoms with E-state index in [-0.39, 0.29) is 22.3 Å². The van der Waals surface area contributed by atoms with E-state index in [1.807, 2.05) is 0 Å². The first-order valence-corrected chi connectivity index (χ1v) is 13.5. The molecule has 0 bridgehead atoms. The van der Waals surface area contributed by atoms with Gasteiger partial charge in [0.05, 0.1) is 12.2 Å². The fourth-order valence-electron chi connectivity index (χ4n) is 4.93. The number of hydrogen-bond acceptors (Lipinski definition) is 2. The topological polar surface area (TPSA) is 18.5 Å². The molecule has 3 rings (SSSR count). The molecule has 2 nitrogen and oxygen atoms in total. The van der Waals surface area contributed by atoms with Gasteiger partial charge in [-0.15, -0.1) is 0 Å². The average Bonchev–Trinajstić information content (AvgIpc) is 2.70. The van der Waals surface area contributed by atoms with Crippen LogP contribution >= 0.6 is 0 Å². The first kappa shape index (κ1) is 24.0. The van der Waals surface area contributed by atoms with Crippen LogP contribution in [-0.4, -0.2) is 14.7 Å². The Hall–Kier alpha value is -1.68. The monoisotopic (exact) mass is 436 g/mol. The van der Waals surface area contributed by atoms with Crippen molar-refractivity contribution >= 4 is 8.56 Å². The van der Waals surface area contributed by atoms with E-state index >= 15 is 0 Å². The second-order valence-electron chi connectivity index (χ2n) is 10.9. The number of aryl methyl sites for hydroxylation is 1. The van der Waals surface area contributed by atoms with Gasteiger partial charge in [0.25, 0.3) is 0 Å². The van der Waals surface area contributed by atoms with Crippen molar-refractivity contribution in [2.75, 3.05) is 0 Å². The molecule has 1 aliphatic rings. The molecule has 0 fully saturated rings. The van der Waals surface area contributed by atoms with Crippen LogP contribution in [0.4, 0.5) is 0 Å². The Morgan fingerprint density at radius 1 is 0.806 bits per heavy atom. The van der Waals surface area contributed by atoms with Crippen molar-refractivity contribution < 1.29 is 8.85 Å². The summed E-state index contributed by atoms with van der Waals surface area (Å²) in [6, 6.07) is 21.4. The van der Waals surface area contributed by atoms with Gasteiger partial charge in [-0.05, 0) is 42.9 Å². The zero-order valence-electron chi connectivity index (χ0n) is 20.4. The van der Waals surface area contributed by atoms with Gasteiger partial charge in [0.2, 0.25) is 0 Å². The zero-order chi connectivity index (χ0) is 22.7. The Morgan fingerprint density at radius 2 is 1.35 bits per heavy atom. The molecule has 0 radical (unpaired) electrons. The molecule has 0 spiro atoms. The summed E-state index contributed by atoms with van der Waals surface area (Å²) in [6.07, 6.45) is 5.33. The van der Waals surface area contributed by atoms with Crippen LogP contribution in [0.25, 0.3) is 0 Å². The van der Waals surface area contributed by atoms with Gasteiger partial charge in [-0.1, -0.05) is 108 Å². The lowest BCUT2D eigenvalue weighted by atomic mass is 9.99. The number of hydrogen-bond donors (Lipinski definition) is 0. The molecule has 0 unspecified atom stereocenters. The highest BCUT2D eigenvalue weighted by molar-refractivity contribution is 6.73. The maximum Gasteiger partial charge on any atom is 0.350 e. The lowest BCUT2D eigenvalue weighted by Gasteiger charge is -2.53. The molecule has 2 aromatic carbocycles. The molecule has 168 valence electrons. The van der Waals surface area contributed by atoms with Gasteiger partial charge in [0.15, 0.2) is 0 Å². The maximum absolute atomic E-state index is 7.24. The van der Waals surface area contributed by atoms with E-state index in [2.05, 4.69) is 115 Å². The Bertz CT molecular complexity index is 845. The molecule has 0 aromatic heterocycles. The van der Waals surface area contributed by atoms with Crippen molar-refractivity contribution in [2.24, 2.45) is 0 Å². The van der Waals surface area contributed by atoms with Crippen LogP contribution in [0, 0.1) is 0 Å². The van der Waals surface area contributed by atoms with E-state index in [4.69, 9.17) is 8.85 Å². The van der Waals surface area contributed by atoms with Gasteiger partial charge in [-0.2, -0.15) is 0 Å². The zero-order valence-corrected chi connectivity index (χ0v) is 21.4. The minimum atomic E-state index is -2.70. The third kappa shape index (κ3) is 5.39. The van der Waals surface area contributed by atoms with Gasteiger partial charge in [0, 0.05) is 10.1 Å². The normalized spacial score (nSPS) is 24.0. The molecule has 0 saturated carbocycles. The molecule has 1 heterocycles. The fraction of sp³-hybridized carbons (Fsp3) is 0.500. The van der Waals surface area contributed by atoms with Gasteiger partial charge < -0.3 is 8.85 Å². The Kier molecular flexibility index (Phi) is 7.30. The van der Waals surface area contributed by atoms with E-state index in [1.54, 1.807) is 0 Å². The van der Waals surface area contributed by atoms with Crippen LogP contribution < -0.4 is 0 Å². The molecule has 2 atom stereocenters. The van der Waals surface area contributed by atoms with Crippen molar-refractivity contribution in [3.05, 3.63) is 83.4 Å². The molecule has 0 aliphatic carbocycles. The van der Waals surface area contributed by atoms with Crippen LogP contribution in [0.1, 0.15) is 78.5 Å². The van der Waals surface area contributed by atoms with E-state index in [1.165, 1.54) is 16.7 Å². The quantitative estimate of drug-likeness (QED) is 0.355. The summed E-state index contributed by atoms with van der Waals surface area (Å²) in [5, 5.41) is -0.137. The summed E-state index contributed by atoms with van der Waals surface area (Å²) in [5.41, 5.74) is 3.94. The molecule has 1 aliphatic heterocycles. The predicted molar refractivity (Wildman–Crippen MR) is 133 cm³/mol. The third-order valence-corrected chi connectivity index (χ3v) is 11.6. The van der Waals surface area contributed by atoms with Crippen LogP contribution in [0.15, 0.2) is 72.3 Å². The minimum absolute atomic E-state index is 0.0244. The molecule has 3 heteroatoms. The predicted octanol–water partition coefficient (Wildman–Crippen LogP) is 8.15. The Morgan fingerprint density at radius 3 is 1.90 bits per heavy atom. The van der Waals surface area contributed by atoms with Crippen molar-refractivity contribution in [3.8, 4) is 0 Å². The highest BCUT2D eigenvalue weighted by Gasteiger charge is 2.60. The van der Waals surface area contributed by atoms with Crippen LogP contribution in [0.3, 0.4) is 0 Å². The van der Waals surface area contributed by atoms with Gasteiger partial charge in [0.1, 0.15) is 0 Å². The Labute approximate surface area is 190 Å².